The first-order chi connectivity index (χ1) is 14.2. The number of pyridine rings is 1. The van der Waals surface area contributed by atoms with Gasteiger partial charge in [0.25, 0.3) is 11.8 Å². The molecule has 29 heavy (non-hydrogen) atoms. The minimum absolute atomic E-state index is 0.0600. The molecular weight excluding hydrogens is 368 g/mol. The number of nitrogens with one attached hydrogen (secondary N) is 1. The second kappa shape index (κ2) is 8.73. The highest BCUT2D eigenvalue weighted by Gasteiger charge is 2.31. The third-order valence-corrected chi connectivity index (χ3v) is 5.81. The van der Waals surface area contributed by atoms with Crippen molar-refractivity contribution < 1.29 is 9.59 Å². The first-order valence-electron chi connectivity index (χ1n) is 10.5. The topological polar surface area (TPSA) is 83.4 Å². The summed E-state index contributed by atoms with van der Waals surface area (Å²) in [4.78, 5) is 38.8. The molecule has 0 bridgehead atoms. The standard InChI is InChI=1S/C21H28N6O2/c1-2-25-10-12-26(13-11-25)21(29)19-24-18(17-7-3-4-9-27(17)19)20(28)23-15-16-6-5-8-22-14-16/h5-6,8,14H,2-4,7,9-13,15H2,1H3,(H,23,28). The van der Waals surface area contributed by atoms with Gasteiger partial charge >= 0.3 is 0 Å². The summed E-state index contributed by atoms with van der Waals surface area (Å²) in [5.41, 5.74) is 2.21. The van der Waals surface area contributed by atoms with Gasteiger partial charge in [-0.1, -0.05) is 13.0 Å². The smallest absolute Gasteiger partial charge is 0.289 e. The molecule has 2 amide bonds. The zero-order chi connectivity index (χ0) is 20.2. The lowest BCUT2D eigenvalue weighted by molar-refractivity contribution is 0.0625. The Morgan fingerprint density at radius 1 is 1.14 bits per heavy atom. The predicted molar refractivity (Wildman–Crippen MR) is 109 cm³/mol. The van der Waals surface area contributed by atoms with E-state index in [0.717, 1.165) is 56.7 Å². The molecule has 0 unspecified atom stereocenters. The number of rotatable bonds is 5. The number of carbonyl (C=O) groups excluding carboxylic acids is 2. The minimum atomic E-state index is -0.227. The molecule has 8 heteroatoms. The Hall–Kier alpha value is -2.74. The van der Waals surface area contributed by atoms with Crippen LogP contribution in [0, 0.1) is 0 Å². The Morgan fingerprint density at radius 3 is 2.69 bits per heavy atom. The van der Waals surface area contributed by atoms with Gasteiger partial charge in [0.05, 0.1) is 5.69 Å². The van der Waals surface area contributed by atoms with Crippen LogP contribution >= 0.6 is 0 Å². The van der Waals surface area contributed by atoms with Crippen LogP contribution in [0.1, 0.15) is 52.1 Å². The summed E-state index contributed by atoms with van der Waals surface area (Å²) in [5.74, 6) is 0.126. The summed E-state index contributed by atoms with van der Waals surface area (Å²) in [7, 11) is 0. The maximum absolute atomic E-state index is 13.2. The van der Waals surface area contributed by atoms with Crippen molar-refractivity contribution in [1.82, 2.24) is 29.7 Å². The number of carbonyl (C=O) groups is 2. The van der Waals surface area contributed by atoms with Crippen LogP contribution in [0.5, 0.6) is 0 Å². The lowest BCUT2D eigenvalue weighted by Crippen LogP contribution is -2.49. The Morgan fingerprint density at radius 2 is 1.97 bits per heavy atom. The van der Waals surface area contributed by atoms with E-state index in [-0.39, 0.29) is 11.8 Å². The molecule has 0 saturated carbocycles. The van der Waals surface area contributed by atoms with Gasteiger partial charge < -0.3 is 19.7 Å². The Kier molecular flexibility index (Phi) is 5.89. The van der Waals surface area contributed by atoms with Crippen LogP contribution in [0.2, 0.25) is 0 Å². The zero-order valence-electron chi connectivity index (χ0n) is 16.9. The summed E-state index contributed by atoms with van der Waals surface area (Å²) in [6.45, 7) is 7.45. The Bertz CT molecular complexity index is 871. The van der Waals surface area contributed by atoms with E-state index in [9.17, 15) is 9.59 Å². The maximum Gasteiger partial charge on any atom is 0.289 e. The number of piperazine rings is 1. The van der Waals surface area contributed by atoms with Crippen LogP contribution in [-0.2, 0) is 19.5 Å². The highest BCUT2D eigenvalue weighted by atomic mass is 16.2. The summed E-state index contributed by atoms with van der Waals surface area (Å²) in [6, 6.07) is 3.76. The van der Waals surface area contributed by atoms with Crippen LogP contribution in [0.3, 0.4) is 0 Å². The number of aromatic nitrogens is 3. The zero-order valence-corrected chi connectivity index (χ0v) is 16.9. The first kappa shape index (κ1) is 19.6. The number of imidazole rings is 1. The Balaban J connectivity index is 1.52. The normalized spacial score (nSPS) is 17.1. The molecule has 4 heterocycles. The lowest BCUT2D eigenvalue weighted by atomic mass is 10.1. The summed E-state index contributed by atoms with van der Waals surface area (Å²) >= 11 is 0. The van der Waals surface area contributed by atoms with E-state index in [0.29, 0.717) is 31.2 Å². The number of hydrogen-bond donors (Lipinski definition) is 1. The van der Waals surface area contributed by atoms with Crippen molar-refractivity contribution in [2.75, 3.05) is 32.7 Å². The predicted octanol–water partition coefficient (Wildman–Crippen LogP) is 1.32. The van der Waals surface area contributed by atoms with Crippen LogP contribution in [0.15, 0.2) is 24.5 Å². The van der Waals surface area contributed by atoms with Crippen molar-refractivity contribution in [2.24, 2.45) is 0 Å². The van der Waals surface area contributed by atoms with Crippen molar-refractivity contribution >= 4 is 11.8 Å². The fourth-order valence-electron chi connectivity index (χ4n) is 4.07. The molecule has 1 fully saturated rings. The third kappa shape index (κ3) is 4.17. The molecule has 1 saturated heterocycles. The van der Waals surface area contributed by atoms with E-state index >= 15 is 0 Å². The second-order valence-corrected chi connectivity index (χ2v) is 7.61. The molecular formula is C21H28N6O2. The molecule has 0 radical (unpaired) electrons. The van der Waals surface area contributed by atoms with E-state index in [1.54, 1.807) is 12.4 Å². The molecule has 154 valence electrons. The van der Waals surface area contributed by atoms with Gasteiger partial charge in [0.1, 0.15) is 5.69 Å². The maximum atomic E-state index is 13.2. The van der Waals surface area contributed by atoms with Crippen molar-refractivity contribution in [1.29, 1.82) is 0 Å². The molecule has 1 N–H and O–H groups in total. The van der Waals surface area contributed by atoms with E-state index in [2.05, 4.69) is 27.1 Å². The molecule has 2 aliphatic heterocycles. The second-order valence-electron chi connectivity index (χ2n) is 7.61. The summed E-state index contributed by atoms with van der Waals surface area (Å²) < 4.78 is 1.97. The molecule has 2 aliphatic rings. The van der Waals surface area contributed by atoms with Gasteiger partial charge in [-0.2, -0.15) is 0 Å². The van der Waals surface area contributed by atoms with Crippen molar-refractivity contribution in [3.8, 4) is 0 Å². The molecule has 4 rings (SSSR count). The quantitative estimate of drug-likeness (QED) is 0.824. The molecule has 8 nitrogen and oxygen atoms in total. The molecule has 0 aliphatic carbocycles. The van der Waals surface area contributed by atoms with Gasteiger partial charge in [-0.3, -0.25) is 14.6 Å². The van der Waals surface area contributed by atoms with Gasteiger partial charge in [0.15, 0.2) is 5.82 Å². The van der Waals surface area contributed by atoms with Crippen molar-refractivity contribution in [2.45, 2.75) is 39.3 Å². The van der Waals surface area contributed by atoms with Crippen LogP contribution in [0.25, 0.3) is 0 Å². The van der Waals surface area contributed by atoms with Gasteiger partial charge in [0.2, 0.25) is 0 Å². The minimum Gasteiger partial charge on any atom is -0.347 e. The van der Waals surface area contributed by atoms with E-state index in [4.69, 9.17) is 0 Å². The Labute approximate surface area is 170 Å². The number of amides is 2. The van der Waals surface area contributed by atoms with Gasteiger partial charge in [-0.15, -0.1) is 0 Å². The largest absolute Gasteiger partial charge is 0.347 e. The van der Waals surface area contributed by atoms with Gasteiger partial charge in [-0.05, 0) is 37.4 Å². The molecule has 2 aromatic rings. The molecule has 0 spiro atoms. The first-order valence-corrected chi connectivity index (χ1v) is 10.5. The SMILES string of the molecule is CCN1CCN(C(=O)c2nc(C(=O)NCc3cccnc3)c3n2CCCC3)CC1. The van der Waals surface area contributed by atoms with E-state index in [1.807, 2.05) is 21.6 Å². The number of nitrogens with zero attached hydrogens (tertiary/aromatic N) is 5. The van der Waals surface area contributed by atoms with Crippen LogP contribution < -0.4 is 5.32 Å². The fourth-order valence-corrected chi connectivity index (χ4v) is 4.07. The molecule has 0 atom stereocenters. The lowest BCUT2D eigenvalue weighted by Gasteiger charge is -2.34. The summed E-state index contributed by atoms with van der Waals surface area (Å²) in [6.07, 6.45) is 6.23. The monoisotopic (exact) mass is 396 g/mol. The van der Waals surface area contributed by atoms with Crippen LogP contribution in [-0.4, -0.2) is 68.9 Å². The third-order valence-electron chi connectivity index (χ3n) is 5.81. The number of fused-ring (bicyclic) bond motifs is 1. The highest BCUT2D eigenvalue weighted by molar-refractivity contribution is 5.97. The summed E-state index contributed by atoms with van der Waals surface area (Å²) in [5, 5.41) is 2.92. The number of likely N-dealkylation sites (N-methyl/N-ethyl adjacent to an activating group) is 1. The molecule has 0 aromatic carbocycles. The highest BCUT2D eigenvalue weighted by Crippen LogP contribution is 2.22. The molecule has 2 aromatic heterocycles. The van der Waals surface area contributed by atoms with Gasteiger partial charge in [-0.25, -0.2) is 4.98 Å². The van der Waals surface area contributed by atoms with Gasteiger partial charge in [0, 0.05) is 51.7 Å². The van der Waals surface area contributed by atoms with Crippen molar-refractivity contribution in [3.63, 3.8) is 0 Å². The van der Waals surface area contributed by atoms with Crippen molar-refractivity contribution in [3.05, 3.63) is 47.3 Å². The average molecular weight is 396 g/mol. The van der Waals surface area contributed by atoms with E-state index < -0.39 is 0 Å². The van der Waals surface area contributed by atoms with E-state index in [1.165, 1.54) is 0 Å². The number of hydrogen-bond acceptors (Lipinski definition) is 5. The van der Waals surface area contributed by atoms with Crippen LogP contribution in [0.4, 0.5) is 0 Å². The fraction of sp³-hybridized carbons (Fsp3) is 0.524. The average Bonchev–Trinajstić information content (AvgIpc) is 3.17.